The Labute approximate surface area is 139 Å². The Balaban J connectivity index is 2.35. The monoisotopic (exact) mass is 353 g/mol. The maximum Gasteiger partial charge on any atom is 0.259 e. The van der Waals surface area contributed by atoms with Gasteiger partial charge in [0.25, 0.3) is 5.91 Å². The summed E-state index contributed by atoms with van der Waals surface area (Å²) >= 11 is 1.01. The summed E-state index contributed by atoms with van der Waals surface area (Å²) in [6.45, 7) is 4.43. The topological polar surface area (TPSA) is 95.0 Å². The third kappa shape index (κ3) is 2.49. The number of fused-ring (bicyclic) bond motifs is 3. The predicted molar refractivity (Wildman–Crippen MR) is 89.5 cm³/mol. The quantitative estimate of drug-likeness (QED) is 0.889. The number of rotatable bonds is 5. The zero-order valence-corrected chi connectivity index (χ0v) is 14.8. The van der Waals surface area contributed by atoms with E-state index in [1.54, 1.807) is 10.9 Å². The summed E-state index contributed by atoms with van der Waals surface area (Å²) < 4.78 is 27.5. The van der Waals surface area contributed by atoms with Crippen molar-refractivity contribution >= 4 is 27.1 Å². The lowest BCUT2D eigenvalue weighted by molar-refractivity contribution is 0.100. The lowest BCUT2D eigenvalue weighted by atomic mass is 9.92. The molecule has 0 radical (unpaired) electrons. The number of carbonyl (C=O) groups is 1. The first-order valence-electron chi connectivity index (χ1n) is 7.64. The Kier molecular flexibility index (Phi) is 4.05. The lowest BCUT2D eigenvalue weighted by Gasteiger charge is -2.17. The fourth-order valence-corrected chi connectivity index (χ4v) is 6.29. The molecule has 1 amide bonds. The molecule has 0 saturated carbocycles. The first kappa shape index (κ1) is 16.2. The molecule has 8 heteroatoms. The van der Waals surface area contributed by atoms with Crippen molar-refractivity contribution in [1.29, 1.82) is 0 Å². The minimum Gasteiger partial charge on any atom is -0.365 e. The van der Waals surface area contributed by atoms with E-state index in [9.17, 15) is 13.2 Å². The fraction of sp³-hybridized carbons (Fsp3) is 0.467. The number of nitrogens with two attached hydrogens (primary N) is 1. The molecule has 0 spiro atoms. The summed E-state index contributed by atoms with van der Waals surface area (Å²) in [7, 11) is -3.44. The molecule has 1 aliphatic carbocycles. The van der Waals surface area contributed by atoms with Gasteiger partial charge in [-0.25, -0.2) is 8.42 Å². The van der Waals surface area contributed by atoms with E-state index >= 15 is 0 Å². The highest BCUT2D eigenvalue weighted by Gasteiger charge is 2.34. The minimum absolute atomic E-state index is 0.0632. The molecule has 2 aromatic heterocycles. The molecule has 23 heavy (non-hydrogen) atoms. The van der Waals surface area contributed by atoms with Crippen molar-refractivity contribution in [1.82, 2.24) is 9.78 Å². The average molecular weight is 353 g/mol. The normalized spacial score (nSPS) is 13.7. The molecule has 2 aromatic rings. The van der Waals surface area contributed by atoms with E-state index in [4.69, 9.17) is 5.73 Å². The second-order valence-corrected chi connectivity index (χ2v) is 8.91. The number of carbonyl (C=O) groups excluding carboxylic acids is 1. The van der Waals surface area contributed by atoms with Gasteiger partial charge in [-0.3, -0.25) is 9.48 Å². The van der Waals surface area contributed by atoms with E-state index in [0.717, 1.165) is 34.6 Å². The van der Waals surface area contributed by atoms with Gasteiger partial charge < -0.3 is 5.73 Å². The van der Waals surface area contributed by atoms with Gasteiger partial charge in [0.1, 0.15) is 4.21 Å². The van der Waals surface area contributed by atoms with Crippen LogP contribution in [-0.4, -0.2) is 29.9 Å². The highest BCUT2D eigenvalue weighted by molar-refractivity contribution is 7.93. The summed E-state index contributed by atoms with van der Waals surface area (Å²) in [5, 5.41) is 4.35. The minimum atomic E-state index is -3.44. The van der Waals surface area contributed by atoms with Gasteiger partial charge in [0, 0.05) is 12.1 Å². The number of nitrogens with zero attached hydrogens (tertiary/aromatic N) is 2. The Morgan fingerprint density at radius 3 is 2.74 bits per heavy atom. The number of aryl methyl sites for hydroxylation is 2. The molecule has 0 atom stereocenters. The van der Waals surface area contributed by atoms with Crippen LogP contribution in [0.25, 0.3) is 11.3 Å². The van der Waals surface area contributed by atoms with Crippen molar-refractivity contribution in [2.24, 2.45) is 5.73 Å². The third-order valence-corrected chi connectivity index (χ3v) is 7.82. The van der Waals surface area contributed by atoms with Gasteiger partial charge in [-0.1, -0.05) is 6.92 Å². The van der Waals surface area contributed by atoms with Crippen molar-refractivity contribution in [3.8, 4) is 11.3 Å². The van der Waals surface area contributed by atoms with Crippen LogP contribution in [0.2, 0.25) is 0 Å². The van der Waals surface area contributed by atoms with E-state index in [-0.39, 0.29) is 9.96 Å². The van der Waals surface area contributed by atoms with Crippen LogP contribution in [0.4, 0.5) is 0 Å². The smallest absolute Gasteiger partial charge is 0.259 e. The molecular weight excluding hydrogens is 334 g/mol. The maximum atomic E-state index is 12.7. The highest BCUT2D eigenvalue weighted by atomic mass is 32.2. The molecule has 0 aromatic carbocycles. The van der Waals surface area contributed by atoms with E-state index in [2.05, 4.69) is 5.10 Å². The Morgan fingerprint density at radius 1 is 1.39 bits per heavy atom. The van der Waals surface area contributed by atoms with Crippen LogP contribution in [0.5, 0.6) is 0 Å². The Hall–Kier alpha value is -1.67. The molecule has 0 aliphatic heterocycles. The number of aromatic nitrogens is 2. The number of amides is 1. The van der Waals surface area contributed by atoms with Gasteiger partial charge in [-0.2, -0.15) is 5.10 Å². The second-order valence-electron chi connectivity index (χ2n) is 5.59. The summed E-state index contributed by atoms with van der Waals surface area (Å²) in [5.41, 5.74) is 8.76. The van der Waals surface area contributed by atoms with E-state index in [1.165, 1.54) is 0 Å². The Morgan fingerprint density at radius 2 is 2.13 bits per heavy atom. The van der Waals surface area contributed by atoms with Crippen LogP contribution in [0.3, 0.4) is 0 Å². The number of sulfone groups is 1. The molecule has 2 N–H and O–H groups in total. The number of hydrogen-bond donors (Lipinski definition) is 1. The summed E-state index contributed by atoms with van der Waals surface area (Å²) in [6.07, 6.45) is 3.68. The fourth-order valence-electron chi connectivity index (χ4n) is 3.10. The largest absolute Gasteiger partial charge is 0.365 e. The molecular formula is C15H19N3O3S2. The zero-order chi connectivity index (χ0) is 16.8. The van der Waals surface area contributed by atoms with Crippen molar-refractivity contribution in [3.05, 3.63) is 22.2 Å². The molecule has 0 unspecified atom stereocenters. The van der Waals surface area contributed by atoms with E-state index in [0.29, 0.717) is 29.8 Å². The van der Waals surface area contributed by atoms with Gasteiger partial charge in [0.2, 0.25) is 0 Å². The van der Waals surface area contributed by atoms with Crippen molar-refractivity contribution in [2.45, 2.75) is 43.9 Å². The van der Waals surface area contributed by atoms with E-state index < -0.39 is 15.7 Å². The van der Waals surface area contributed by atoms with Gasteiger partial charge >= 0.3 is 0 Å². The highest BCUT2D eigenvalue weighted by Crippen LogP contribution is 2.45. The maximum absolute atomic E-state index is 12.7. The van der Waals surface area contributed by atoms with Gasteiger partial charge in [0.05, 0.1) is 22.5 Å². The summed E-state index contributed by atoms with van der Waals surface area (Å²) in [4.78, 5) is 12.2. The van der Waals surface area contributed by atoms with Crippen LogP contribution in [0, 0.1) is 0 Å². The summed E-state index contributed by atoms with van der Waals surface area (Å²) in [5.74, 6) is -0.497. The molecule has 0 fully saturated rings. The van der Waals surface area contributed by atoms with Crippen LogP contribution >= 0.6 is 11.3 Å². The zero-order valence-electron chi connectivity index (χ0n) is 13.1. The predicted octanol–water partition coefficient (Wildman–Crippen LogP) is 2.01. The molecule has 124 valence electrons. The molecule has 0 bridgehead atoms. The van der Waals surface area contributed by atoms with Crippen LogP contribution < -0.4 is 5.73 Å². The van der Waals surface area contributed by atoms with Crippen LogP contribution in [-0.2, 0) is 29.2 Å². The SMILES string of the molecule is CCCS(=O)(=O)c1sc(C(N)=O)c2c1-c1c(cnn1CC)CC2. The number of primary amides is 1. The van der Waals surface area contributed by atoms with Gasteiger partial charge in [0.15, 0.2) is 9.84 Å². The van der Waals surface area contributed by atoms with E-state index in [1.807, 2.05) is 13.8 Å². The molecule has 2 heterocycles. The van der Waals surface area contributed by atoms with Gasteiger partial charge in [-0.15, -0.1) is 11.3 Å². The van der Waals surface area contributed by atoms with Gasteiger partial charge in [-0.05, 0) is 37.3 Å². The van der Waals surface area contributed by atoms with Crippen molar-refractivity contribution in [2.75, 3.05) is 5.75 Å². The Bertz CT molecular complexity index is 865. The standard InChI is InChI=1S/C15H19N3O3S2/c1-3-7-23(20,21)15-11-10(13(22-15)14(16)19)6-5-9-8-17-18(4-2)12(9)11/h8H,3-7H2,1-2H3,(H2,16,19). The molecule has 0 saturated heterocycles. The van der Waals surface area contributed by atoms with Crippen LogP contribution in [0.1, 0.15) is 41.1 Å². The molecule has 1 aliphatic rings. The third-order valence-electron chi connectivity index (χ3n) is 4.05. The lowest BCUT2D eigenvalue weighted by Crippen LogP contribution is -2.14. The average Bonchev–Trinajstić information content (AvgIpc) is 3.07. The van der Waals surface area contributed by atoms with Crippen LogP contribution in [0.15, 0.2) is 10.4 Å². The molecule has 3 rings (SSSR count). The number of thiophene rings is 1. The first-order valence-corrected chi connectivity index (χ1v) is 10.1. The first-order chi connectivity index (χ1) is 10.9. The molecule has 6 nitrogen and oxygen atoms in total. The van der Waals surface area contributed by atoms with Crippen molar-refractivity contribution in [3.63, 3.8) is 0 Å². The summed E-state index contributed by atoms with van der Waals surface area (Å²) in [6, 6.07) is 0. The second kappa shape index (κ2) is 5.76. The van der Waals surface area contributed by atoms with Crippen molar-refractivity contribution < 1.29 is 13.2 Å². The number of hydrogen-bond acceptors (Lipinski definition) is 5.